The molecule has 4 bridgehead atoms. The molecule has 8 heteroatoms. The fourth-order valence-electron chi connectivity index (χ4n) is 6.52. The van der Waals surface area contributed by atoms with Crippen molar-refractivity contribution in [3.05, 3.63) is 11.6 Å². The van der Waals surface area contributed by atoms with Gasteiger partial charge in [-0.05, 0) is 62.7 Å². The molecule has 5 nitrogen and oxygen atoms in total. The first-order valence-corrected chi connectivity index (χ1v) is 10.1. The predicted molar refractivity (Wildman–Crippen MR) is 90.3 cm³/mol. The normalized spacial score (nSPS) is 37.3. The summed E-state index contributed by atoms with van der Waals surface area (Å²) in [4.78, 5) is 13.0. The maximum absolute atomic E-state index is 13.1. The van der Waals surface area contributed by atoms with Crippen LogP contribution < -0.4 is 5.32 Å². The molecule has 6 rings (SSSR count). The zero-order chi connectivity index (χ0) is 18.8. The van der Waals surface area contributed by atoms with E-state index in [-0.39, 0.29) is 37.3 Å². The first kappa shape index (κ1) is 17.5. The number of fused-ring (bicyclic) bond motifs is 1. The van der Waals surface area contributed by atoms with Crippen LogP contribution in [0, 0.1) is 29.1 Å². The van der Waals surface area contributed by atoms with Crippen LogP contribution in [0.25, 0.3) is 0 Å². The van der Waals surface area contributed by atoms with Crippen LogP contribution in [0.5, 0.6) is 0 Å². The molecule has 1 amide bonds. The van der Waals surface area contributed by atoms with Crippen molar-refractivity contribution in [1.82, 2.24) is 20.1 Å². The average Bonchev–Trinajstić information content (AvgIpc) is 3.00. The van der Waals surface area contributed by atoms with E-state index in [1.54, 1.807) is 4.57 Å². The van der Waals surface area contributed by atoms with Crippen molar-refractivity contribution in [3.8, 4) is 0 Å². The second kappa shape index (κ2) is 5.95. The lowest BCUT2D eigenvalue weighted by atomic mass is 9.49. The van der Waals surface area contributed by atoms with Crippen molar-refractivity contribution in [3.63, 3.8) is 0 Å². The molecule has 4 saturated carbocycles. The summed E-state index contributed by atoms with van der Waals surface area (Å²) in [7, 11) is 0. The van der Waals surface area contributed by atoms with Crippen LogP contribution in [0.3, 0.4) is 0 Å². The van der Waals surface area contributed by atoms with Gasteiger partial charge in [0.05, 0.1) is 12.5 Å². The van der Waals surface area contributed by atoms with E-state index < -0.39 is 12.1 Å². The minimum absolute atomic E-state index is 0.0568. The highest BCUT2D eigenvalue weighted by atomic mass is 19.4. The third-order valence-electron chi connectivity index (χ3n) is 7.41. The standard InChI is InChI=1S/C19H25F3N4O/c20-19(21,22)14-1-2-15-24-25-16(26(15)10-14)9-23-17(27)18-6-11-3-12(7-18)5-13(4-11)8-18/h11-14H,1-10H2,(H,23,27)/t11?,12?,13?,14-,18?/m0/s1. The monoisotopic (exact) mass is 382 g/mol. The van der Waals surface area contributed by atoms with E-state index in [1.165, 1.54) is 19.3 Å². The smallest absolute Gasteiger partial charge is 0.348 e. The summed E-state index contributed by atoms with van der Waals surface area (Å²) in [6, 6.07) is 0. The number of rotatable bonds is 3. The van der Waals surface area contributed by atoms with Crippen LogP contribution in [0.1, 0.15) is 56.6 Å². The van der Waals surface area contributed by atoms with E-state index >= 15 is 0 Å². The molecule has 0 saturated heterocycles. The fourth-order valence-corrected chi connectivity index (χ4v) is 6.52. The van der Waals surface area contributed by atoms with Crippen molar-refractivity contribution in [2.75, 3.05) is 0 Å². The molecule has 0 spiro atoms. The van der Waals surface area contributed by atoms with Gasteiger partial charge in [-0.25, -0.2) is 0 Å². The summed E-state index contributed by atoms with van der Waals surface area (Å²) >= 11 is 0. The van der Waals surface area contributed by atoms with Crippen molar-refractivity contribution >= 4 is 5.91 Å². The van der Waals surface area contributed by atoms with E-state index in [9.17, 15) is 18.0 Å². The van der Waals surface area contributed by atoms with Gasteiger partial charge in [0, 0.05) is 18.4 Å². The van der Waals surface area contributed by atoms with E-state index in [4.69, 9.17) is 0 Å². The quantitative estimate of drug-likeness (QED) is 0.873. The molecular formula is C19H25F3N4O. The number of alkyl halides is 3. The molecule has 1 aromatic rings. The Morgan fingerprint density at radius 3 is 2.33 bits per heavy atom. The van der Waals surface area contributed by atoms with Crippen LogP contribution >= 0.6 is 0 Å². The topological polar surface area (TPSA) is 59.8 Å². The van der Waals surface area contributed by atoms with Gasteiger partial charge in [-0.15, -0.1) is 10.2 Å². The number of carbonyl (C=O) groups is 1. The van der Waals surface area contributed by atoms with E-state index in [1.807, 2.05) is 0 Å². The summed E-state index contributed by atoms with van der Waals surface area (Å²) in [5.74, 6) is 1.77. The Balaban J connectivity index is 1.28. The fraction of sp³-hybridized carbons (Fsp3) is 0.842. The van der Waals surface area contributed by atoms with Crippen molar-refractivity contribution in [1.29, 1.82) is 0 Å². The van der Waals surface area contributed by atoms with Gasteiger partial charge in [-0.3, -0.25) is 4.79 Å². The Hall–Kier alpha value is -1.60. The molecule has 1 atom stereocenters. The first-order chi connectivity index (χ1) is 12.8. The van der Waals surface area contributed by atoms with Crippen LogP contribution in [0.15, 0.2) is 0 Å². The molecule has 5 aliphatic rings. The highest BCUT2D eigenvalue weighted by Crippen LogP contribution is 2.60. The lowest BCUT2D eigenvalue weighted by molar-refractivity contribution is -0.182. The third kappa shape index (κ3) is 2.95. The molecule has 148 valence electrons. The van der Waals surface area contributed by atoms with Gasteiger partial charge in [0.25, 0.3) is 0 Å². The highest BCUT2D eigenvalue weighted by Gasteiger charge is 2.54. The number of aryl methyl sites for hydroxylation is 1. The van der Waals surface area contributed by atoms with Crippen LogP contribution in [0.4, 0.5) is 13.2 Å². The first-order valence-electron chi connectivity index (χ1n) is 10.1. The number of hydrogen-bond acceptors (Lipinski definition) is 3. The Morgan fingerprint density at radius 1 is 1.11 bits per heavy atom. The maximum atomic E-state index is 13.1. The van der Waals surface area contributed by atoms with Gasteiger partial charge >= 0.3 is 6.18 Å². The van der Waals surface area contributed by atoms with Gasteiger partial charge in [-0.2, -0.15) is 13.2 Å². The van der Waals surface area contributed by atoms with Crippen LogP contribution in [-0.4, -0.2) is 26.8 Å². The van der Waals surface area contributed by atoms with Crippen LogP contribution in [0.2, 0.25) is 0 Å². The van der Waals surface area contributed by atoms with E-state index in [2.05, 4.69) is 15.5 Å². The van der Waals surface area contributed by atoms with Crippen molar-refractivity contribution in [2.24, 2.45) is 29.1 Å². The molecule has 27 heavy (non-hydrogen) atoms. The highest BCUT2D eigenvalue weighted by molar-refractivity contribution is 5.83. The number of nitrogens with zero attached hydrogens (tertiary/aromatic N) is 3. The molecule has 2 heterocycles. The lowest BCUT2D eigenvalue weighted by Gasteiger charge is -2.55. The third-order valence-corrected chi connectivity index (χ3v) is 7.41. The molecule has 1 N–H and O–H groups in total. The van der Waals surface area contributed by atoms with Gasteiger partial charge in [0.2, 0.25) is 5.91 Å². The van der Waals surface area contributed by atoms with E-state index in [0.29, 0.717) is 29.4 Å². The minimum atomic E-state index is -4.21. The number of amides is 1. The Labute approximate surface area is 156 Å². The molecule has 1 aromatic heterocycles. The van der Waals surface area contributed by atoms with Gasteiger partial charge in [0.15, 0.2) is 5.82 Å². The summed E-state index contributed by atoms with van der Waals surface area (Å²) in [6.07, 6.45) is 2.84. The minimum Gasteiger partial charge on any atom is -0.348 e. The number of aromatic nitrogens is 3. The second-order valence-electron chi connectivity index (χ2n) is 9.30. The van der Waals surface area contributed by atoms with E-state index in [0.717, 1.165) is 19.3 Å². The summed E-state index contributed by atoms with van der Waals surface area (Å²) in [5, 5.41) is 11.1. The largest absolute Gasteiger partial charge is 0.393 e. The van der Waals surface area contributed by atoms with Crippen molar-refractivity contribution in [2.45, 2.75) is 70.6 Å². The summed E-state index contributed by atoms with van der Waals surface area (Å²) in [5.41, 5.74) is -0.256. The number of halogens is 3. The summed E-state index contributed by atoms with van der Waals surface area (Å²) < 4.78 is 40.8. The Kier molecular flexibility index (Phi) is 3.85. The molecule has 0 radical (unpaired) electrons. The second-order valence-corrected chi connectivity index (χ2v) is 9.30. The van der Waals surface area contributed by atoms with Crippen molar-refractivity contribution < 1.29 is 18.0 Å². The van der Waals surface area contributed by atoms with Gasteiger partial charge in [-0.1, -0.05) is 0 Å². The zero-order valence-electron chi connectivity index (χ0n) is 15.3. The molecule has 4 aliphatic carbocycles. The zero-order valence-corrected chi connectivity index (χ0v) is 15.3. The van der Waals surface area contributed by atoms with Crippen LogP contribution in [-0.2, 0) is 24.3 Å². The number of carbonyl (C=O) groups excluding carboxylic acids is 1. The molecule has 0 aromatic carbocycles. The number of hydrogen-bond donors (Lipinski definition) is 1. The SMILES string of the molecule is O=C(NCc1nnc2n1C[C@@H](C(F)(F)F)CC2)C12CC3CC(CC(C3)C1)C2. The lowest BCUT2D eigenvalue weighted by Crippen LogP contribution is -2.53. The van der Waals surface area contributed by atoms with Gasteiger partial charge < -0.3 is 9.88 Å². The average molecular weight is 382 g/mol. The summed E-state index contributed by atoms with van der Waals surface area (Å²) in [6.45, 7) is 0.0204. The molecule has 4 fully saturated rings. The maximum Gasteiger partial charge on any atom is 0.393 e. The molecular weight excluding hydrogens is 357 g/mol. The Bertz CT molecular complexity index is 721. The molecule has 1 aliphatic heterocycles. The Morgan fingerprint density at radius 2 is 1.74 bits per heavy atom. The van der Waals surface area contributed by atoms with Gasteiger partial charge in [0.1, 0.15) is 5.82 Å². The number of nitrogens with one attached hydrogen (secondary N) is 1. The molecule has 0 unspecified atom stereocenters. The predicted octanol–water partition coefficient (Wildman–Crippen LogP) is 3.24.